The van der Waals surface area contributed by atoms with Crippen LogP contribution in [-0.2, 0) is 0 Å². The normalized spacial score (nSPS) is 18.1. The molecule has 0 nitrogen and oxygen atoms in total. The van der Waals surface area contributed by atoms with Crippen molar-refractivity contribution in [3.05, 3.63) is 11.0 Å². The first-order valence-corrected chi connectivity index (χ1v) is 5.74. The first-order chi connectivity index (χ1) is 5.43. The highest BCUT2D eigenvalue weighted by Crippen LogP contribution is 2.27. The van der Waals surface area contributed by atoms with Crippen molar-refractivity contribution in [3.63, 3.8) is 0 Å². The fourth-order valence-electron chi connectivity index (χ4n) is 1.29. The summed E-state index contributed by atoms with van der Waals surface area (Å²) < 4.78 is 0. The Morgan fingerprint density at radius 3 is 3.00 bits per heavy atom. The molecule has 0 saturated heterocycles. The Kier molecular flexibility index (Phi) is 4.76. The molecule has 0 unspecified atom stereocenters. The van der Waals surface area contributed by atoms with Crippen LogP contribution in [0.2, 0.25) is 0 Å². The van der Waals surface area contributed by atoms with E-state index in [2.05, 4.69) is 24.8 Å². The number of allylic oxidation sites excluding steroid dienone is 2. The summed E-state index contributed by atoms with van der Waals surface area (Å²) in [6.07, 6.45) is 10.7. The molecule has 0 saturated carbocycles. The van der Waals surface area contributed by atoms with Crippen LogP contribution in [0.5, 0.6) is 0 Å². The van der Waals surface area contributed by atoms with E-state index in [1.54, 1.807) is 4.91 Å². The molecule has 0 N–H and O–H groups in total. The maximum atomic E-state index is 2.43. The summed E-state index contributed by atoms with van der Waals surface area (Å²) in [5, 5.41) is 0. The van der Waals surface area contributed by atoms with E-state index in [0.29, 0.717) is 0 Å². The van der Waals surface area contributed by atoms with E-state index in [-0.39, 0.29) is 0 Å². The van der Waals surface area contributed by atoms with Gasteiger partial charge in [0.05, 0.1) is 0 Å². The fraction of sp³-hybridized carbons (Fsp3) is 0.800. The average molecular weight is 170 g/mol. The van der Waals surface area contributed by atoms with E-state index in [4.69, 9.17) is 0 Å². The van der Waals surface area contributed by atoms with Crippen LogP contribution in [0.1, 0.15) is 45.4 Å². The van der Waals surface area contributed by atoms with E-state index in [1.165, 1.54) is 44.3 Å². The van der Waals surface area contributed by atoms with Crippen molar-refractivity contribution in [2.24, 2.45) is 0 Å². The van der Waals surface area contributed by atoms with Gasteiger partial charge in [-0.3, -0.25) is 0 Å². The molecule has 0 heterocycles. The molecule has 0 aromatic rings. The highest BCUT2D eigenvalue weighted by molar-refractivity contribution is 8.03. The third kappa shape index (κ3) is 3.85. The van der Waals surface area contributed by atoms with Crippen molar-refractivity contribution < 1.29 is 0 Å². The summed E-state index contributed by atoms with van der Waals surface area (Å²) in [6.45, 7) is 2.26. The second kappa shape index (κ2) is 5.70. The number of unbranched alkanes of at least 4 members (excludes halogenated alkanes) is 1. The van der Waals surface area contributed by atoms with E-state index in [0.717, 1.165) is 0 Å². The summed E-state index contributed by atoms with van der Waals surface area (Å²) in [4.78, 5) is 1.66. The van der Waals surface area contributed by atoms with Crippen LogP contribution in [0.3, 0.4) is 0 Å². The summed E-state index contributed by atoms with van der Waals surface area (Å²) >= 11 is 2.08. The topological polar surface area (TPSA) is 0 Å². The monoisotopic (exact) mass is 170 g/mol. The lowest BCUT2D eigenvalue weighted by Crippen LogP contribution is -1.89. The molecule has 0 radical (unpaired) electrons. The molecule has 0 amide bonds. The van der Waals surface area contributed by atoms with Gasteiger partial charge in [-0.2, -0.15) is 0 Å². The van der Waals surface area contributed by atoms with Crippen LogP contribution in [0.4, 0.5) is 0 Å². The first-order valence-electron chi connectivity index (χ1n) is 4.75. The Morgan fingerprint density at radius 1 is 1.45 bits per heavy atom. The Balaban J connectivity index is 2.09. The lowest BCUT2D eigenvalue weighted by molar-refractivity contribution is 0.723. The van der Waals surface area contributed by atoms with Gasteiger partial charge in [0.15, 0.2) is 0 Å². The first kappa shape index (κ1) is 9.18. The van der Waals surface area contributed by atoms with Gasteiger partial charge in [0.2, 0.25) is 0 Å². The van der Waals surface area contributed by atoms with Crippen LogP contribution in [0, 0.1) is 0 Å². The molecule has 0 atom stereocenters. The molecule has 0 bridgehead atoms. The van der Waals surface area contributed by atoms with Gasteiger partial charge < -0.3 is 0 Å². The second-order valence-electron chi connectivity index (χ2n) is 3.12. The standard InChI is InChI=1S/C10H18S/c1-2-3-9-11-10-7-5-4-6-8-10/h7H,2-6,8-9H2,1H3. The van der Waals surface area contributed by atoms with Gasteiger partial charge in [-0.25, -0.2) is 0 Å². The van der Waals surface area contributed by atoms with E-state index in [1.807, 2.05) is 0 Å². The van der Waals surface area contributed by atoms with Crippen molar-refractivity contribution in [1.29, 1.82) is 0 Å². The lowest BCUT2D eigenvalue weighted by Gasteiger charge is -2.11. The zero-order chi connectivity index (χ0) is 7.94. The van der Waals surface area contributed by atoms with E-state index in [9.17, 15) is 0 Å². The Hall–Kier alpha value is 0.0900. The minimum absolute atomic E-state index is 1.33. The maximum Gasteiger partial charge on any atom is -0.00235 e. The van der Waals surface area contributed by atoms with Crippen molar-refractivity contribution in [2.75, 3.05) is 5.75 Å². The highest BCUT2D eigenvalue weighted by atomic mass is 32.2. The SMILES string of the molecule is CCCCSC1=CCCCC1. The van der Waals surface area contributed by atoms with Crippen LogP contribution in [0.15, 0.2) is 11.0 Å². The third-order valence-electron chi connectivity index (χ3n) is 2.03. The van der Waals surface area contributed by atoms with Gasteiger partial charge in [-0.1, -0.05) is 19.4 Å². The van der Waals surface area contributed by atoms with Crippen molar-refractivity contribution >= 4 is 11.8 Å². The molecule has 1 rings (SSSR count). The van der Waals surface area contributed by atoms with Gasteiger partial charge in [0.25, 0.3) is 0 Å². The quantitative estimate of drug-likeness (QED) is 0.575. The molecule has 0 aromatic heterocycles. The van der Waals surface area contributed by atoms with Crippen LogP contribution in [0.25, 0.3) is 0 Å². The molecule has 1 heteroatoms. The number of thioether (sulfide) groups is 1. The average Bonchev–Trinajstić information content (AvgIpc) is 2.07. The largest absolute Gasteiger partial charge is 0.131 e. The zero-order valence-corrected chi connectivity index (χ0v) is 8.25. The van der Waals surface area contributed by atoms with Crippen LogP contribution in [-0.4, -0.2) is 5.75 Å². The van der Waals surface area contributed by atoms with E-state index >= 15 is 0 Å². The Labute approximate surface area is 74.5 Å². The molecule has 64 valence electrons. The van der Waals surface area contributed by atoms with Gasteiger partial charge in [0.1, 0.15) is 0 Å². The lowest BCUT2D eigenvalue weighted by atomic mass is 10.1. The second-order valence-corrected chi connectivity index (χ2v) is 4.34. The van der Waals surface area contributed by atoms with Crippen LogP contribution >= 0.6 is 11.8 Å². The van der Waals surface area contributed by atoms with E-state index < -0.39 is 0 Å². The molecular formula is C10H18S. The number of rotatable bonds is 4. The minimum Gasteiger partial charge on any atom is -0.131 e. The van der Waals surface area contributed by atoms with Gasteiger partial charge in [0, 0.05) is 0 Å². The smallest absolute Gasteiger partial charge is 0.00235 e. The predicted octanol–water partition coefficient (Wildman–Crippen LogP) is 3.98. The maximum absolute atomic E-state index is 2.43. The Morgan fingerprint density at radius 2 is 2.36 bits per heavy atom. The highest BCUT2D eigenvalue weighted by Gasteiger charge is 2.02. The fourth-order valence-corrected chi connectivity index (χ4v) is 2.51. The summed E-state index contributed by atoms with van der Waals surface area (Å²) in [5.74, 6) is 1.34. The van der Waals surface area contributed by atoms with Crippen LogP contribution < -0.4 is 0 Å². The predicted molar refractivity (Wildman–Crippen MR) is 53.9 cm³/mol. The Bertz CT molecular complexity index is 127. The summed E-state index contributed by atoms with van der Waals surface area (Å²) in [5.41, 5.74) is 0. The number of hydrogen-bond donors (Lipinski definition) is 0. The van der Waals surface area contributed by atoms with Gasteiger partial charge >= 0.3 is 0 Å². The molecule has 11 heavy (non-hydrogen) atoms. The van der Waals surface area contributed by atoms with Gasteiger partial charge in [-0.15, -0.1) is 11.8 Å². The molecule has 1 aliphatic carbocycles. The molecule has 0 aromatic carbocycles. The third-order valence-corrected chi connectivity index (χ3v) is 3.27. The van der Waals surface area contributed by atoms with Gasteiger partial charge in [-0.05, 0) is 42.8 Å². The molecule has 0 spiro atoms. The molecule has 0 fully saturated rings. The minimum atomic E-state index is 1.33. The molecular weight excluding hydrogens is 152 g/mol. The summed E-state index contributed by atoms with van der Waals surface area (Å²) in [7, 11) is 0. The zero-order valence-electron chi connectivity index (χ0n) is 7.44. The van der Waals surface area contributed by atoms with Crippen molar-refractivity contribution in [1.82, 2.24) is 0 Å². The molecule has 0 aliphatic heterocycles. The summed E-state index contributed by atoms with van der Waals surface area (Å²) in [6, 6.07) is 0. The van der Waals surface area contributed by atoms with Crippen molar-refractivity contribution in [3.8, 4) is 0 Å². The molecule has 1 aliphatic rings. The van der Waals surface area contributed by atoms with Crippen molar-refractivity contribution in [2.45, 2.75) is 45.4 Å². The number of hydrogen-bond acceptors (Lipinski definition) is 1.